The molecule has 0 saturated carbocycles. The van der Waals surface area contributed by atoms with Gasteiger partial charge >= 0.3 is 6.18 Å². The highest BCUT2D eigenvalue weighted by Crippen LogP contribution is 2.35. The zero-order valence-corrected chi connectivity index (χ0v) is 11.1. The largest absolute Gasteiger partial charge is 0.433 e. The molecule has 19 heavy (non-hydrogen) atoms. The number of rotatable bonds is 5. The Balaban J connectivity index is 3.10. The van der Waals surface area contributed by atoms with Crippen molar-refractivity contribution in [3.05, 3.63) is 23.4 Å². The molecule has 108 valence electrons. The summed E-state index contributed by atoms with van der Waals surface area (Å²) in [6, 6.07) is 2.68. The van der Waals surface area contributed by atoms with Crippen LogP contribution in [-0.4, -0.2) is 30.2 Å². The first-order valence-electron chi connectivity index (χ1n) is 5.86. The summed E-state index contributed by atoms with van der Waals surface area (Å²) >= 11 is 0. The van der Waals surface area contributed by atoms with Crippen molar-refractivity contribution in [3.8, 4) is 0 Å². The Labute approximate surface area is 110 Å². The summed E-state index contributed by atoms with van der Waals surface area (Å²) in [4.78, 5) is 3.56. The van der Waals surface area contributed by atoms with E-state index in [-0.39, 0.29) is 11.4 Å². The van der Waals surface area contributed by atoms with E-state index in [1.165, 1.54) is 26.0 Å². The lowest BCUT2D eigenvalue weighted by atomic mass is 9.96. The molecule has 1 rings (SSSR count). The predicted molar refractivity (Wildman–Crippen MR) is 66.9 cm³/mol. The van der Waals surface area contributed by atoms with Crippen molar-refractivity contribution >= 4 is 5.82 Å². The van der Waals surface area contributed by atoms with E-state index in [1.807, 2.05) is 0 Å². The Kier molecular flexibility index (Phi) is 4.75. The minimum atomic E-state index is -4.60. The molecule has 0 fully saturated rings. The number of nitrogens with one attached hydrogen (secondary N) is 2. The highest BCUT2D eigenvalue weighted by molar-refractivity contribution is 5.41. The molecule has 0 aliphatic carbocycles. The van der Waals surface area contributed by atoms with Crippen LogP contribution in [0.4, 0.5) is 19.0 Å². The minimum Gasteiger partial charge on any atom is -0.386 e. The van der Waals surface area contributed by atoms with Gasteiger partial charge in [-0.25, -0.2) is 4.98 Å². The van der Waals surface area contributed by atoms with Gasteiger partial charge in [0.25, 0.3) is 0 Å². The molecule has 7 heteroatoms. The van der Waals surface area contributed by atoms with Crippen LogP contribution in [0.2, 0.25) is 0 Å². The number of aromatic nitrogens is 1. The topological polar surface area (TPSA) is 57.2 Å². The third kappa shape index (κ3) is 4.36. The summed E-state index contributed by atoms with van der Waals surface area (Å²) < 4.78 is 38.8. The summed E-state index contributed by atoms with van der Waals surface area (Å²) in [5, 5.41) is 15.4. The van der Waals surface area contributed by atoms with E-state index in [0.29, 0.717) is 13.1 Å². The van der Waals surface area contributed by atoms with Crippen molar-refractivity contribution in [2.45, 2.75) is 25.6 Å². The van der Waals surface area contributed by atoms with Gasteiger partial charge in [-0.05, 0) is 27.0 Å². The third-order valence-corrected chi connectivity index (χ3v) is 2.50. The second kappa shape index (κ2) is 5.75. The molecule has 0 atom stereocenters. The molecule has 0 amide bonds. The molecule has 4 nitrogen and oxygen atoms in total. The number of halogens is 3. The van der Waals surface area contributed by atoms with E-state index in [1.54, 1.807) is 7.05 Å². The van der Waals surface area contributed by atoms with Crippen LogP contribution in [0.1, 0.15) is 25.1 Å². The van der Waals surface area contributed by atoms with Crippen LogP contribution in [0.5, 0.6) is 0 Å². The number of aliphatic hydroxyl groups is 1. The molecule has 0 radical (unpaired) electrons. The van der Waals surface area contributed by atoms with Gasteiger partial charge < -0.3 is 15.7 Å². The van der Waals surface area contributed by atoms with Gasteiger partial charge in [0, 0.05) is 18.7 Å². The quantitative estimate of drug-likeness (QED) is 0.720. The van der Waals surface area contributed by atoms with Gasteiger partial charge in [0.15, 0.2) is 5.69 Å². The molecule has 1 aromatic heterocycles. The molecule has 1 aromatic rings. The van der Waals surface area contributed by atoms with Gasteiger partial charge in [-0.2, -0.15) is 13.2 Å². The second-order valence-electron chi connectivity index (χ2n) is 4.68. The summed E-state index contributed by atoms with van der Waals surface area (Å²) in [6.07, 6.45) is -4.60. The summed E-state index contributed by atoms with van der Waals surface area (Å²) in [6.45, 7) is 3.67. The van der Waals surface area contributed by atoms with E-state index in [9.17, 15) is 18.3 Å². The highest BCUT2D eigenvalue weighted by Gasteiger charge is 2.39. The normalized spacial score (nSPS) is 12.6. The van der Waals surface area contributed by atoms with Gasteiger partial charge in [0.05, 0.1) is 5.60 Å². The molecule has 0 bridgehead atoms. The van der Waals surface area contributed by atoms with Gasteiger partial charge in [0.1, 0.15) is 5.82 Å². The maximum absolute atomic E-state index is 12.9. The van der Waals surface area contributed by atoms with E-state index < -0.39 is 17.5 Å². The average Bonchev–Trinajstić information content (AvgIpc) is 2.26. The Morgan fingerprint density at radius 3 is 2.32 bits per heavy atom. The van der Waals surface area contributed by atoms with E-state index in [2.05, 4.69) is 15.6 Å². The number of hydrogen-bond acceptors (Lipinski definition) is 4. The van der Waals surface area contributed by atoms with Crippen molar-refractivity contribution in [2.75, 3.05) is 25.5 Å². The van der Waals surface area contributed by atoms with Gasteiger partial charge in [0.2, 0.25) is 0 Å². The van der Waals surface area contributed by atoms with Crippen LogP contribution in [0, 0.1) is 0 Å². The van der Waals surface area contributed by atoms with Crippen molar-refractivity contribution < 1.29 is 18.3 Å². The van der Waals surface area contributed by atoms with E-state index >= 15 is 0 Å². The lowest BCUT2D eigenvalue weighted by Gasteiger charge is -2.22. The lowest BCUT2D eigenvalue weighted by molar-refractivity contribution is -0.143. The fraction of sp³-hybridized carbons (Fsp3) is 0.583. The van der Waals surface area contributed by atoms with Crippen LogP contribution in [0.15, 0.2) is 12.1 Å². The monoisotopic (exact) mass is 277 g/mol. The molecule has 0 aromatic carbocycles. The van der Waals surface area contributed by atoms with Crippen molar-refractivity contribution in [1.82, 2.24) is 10.3 Å². The molecule has 1 heterocycles. The Morgan fingerprint density at radius 2 is 1.84 bits per heavy atom. The van der Waals surface area contributed by atoms with Gasteiger partial charge in [-0.3, -0.25) is 0 Å². The zero-order chi connectivity index (χ0) is 14.7. The lowest BCUT2D eigenvalue weighted by Crippen LogP contribution is -2.24. The molecule has 0 aliphatic rings. The number of anilines is 1. The van der Waals surface area contributed by atoms with Crippen LogP contribution in [0.25, 0.3) is 0 Å². The van der Waals surface area contributed by atoms with Crippen molar-refractivity contribution in [3.63, 3.8) is 0 Å². The number of alkyl halides is 3. The number of pyridine rings is 1. The maximum atomic E-state index is 12.9. The molecular formula is C12H18F3N3O. The second-order valence-corrected chi connectivity index (χ2v) is 4.68. The summed E-state index contributed by atoms with van der Waals surface area (Å²) in [7, 11) is 1.74. The summed E-state index contributed by atoms with van der Waals surface area (Å²) in [5.41, 5.74) is -2.89. The van der Waals surface area contributed by atoms with Crippen LogP contribution >= 0.6 is 0 Å². The SMILES string of the molecule is CNCCNc1ccc(C(C)(C)O)c(C(F)(F)F)n1. The summed E-state index contributed by atoms with van der Waals surface area (Å²) in [5.74, 6) is 0.135. The fourth-order valence-electron chi connectivity index (χ4n) is 1.58. The molecule has 0 aliphatic heterocycles. The molecule has 0 spiro atoms. The Hall–Kier alpha value is -1.34. The Bertz CT molecular complexity index is 427. The smallest absolute Gasteiger partial charge is 0.386 e. The number of nitrogens with zero attached hydrogens (tertiary/aromatic N) is 1. The minimum absolute atomic E-state index is 0.135. The number of hydrogen-bond donors (Lipinski definition) is 3. The predicted octanol–water partition coefficient (Wildman–Crippen LogP) is 1.96. The Morgan fingerprint density at radius 1 is 1.21 bits per heavy atom. The zero-order valence-electron chi connectivity index (χ0n) is 11.1. The standard InChI is InChI=1S/C12H18F3N3O/c1-11(2,19)8-4-5-9(17-7-6-16-3)18-10(8)12(13,14)15/h4-5,16,19H,6-7H2,1-3H3,(H,17,18). The molecule has 0 unspecified atom stereocenters. The highest BCUT2D eigenvalue weighted by atomic mass is 19.4. The first-order chi connectivity index (χ1) is 8.66. The maximum Gasteiger partial charge on any atom is 0.433 e. The van der Waals surface area contributed by atoms with Crippen molar-refractivity contribution in [2.24, 2.45) is 0 Å². The van der Waals surface area contributed by atoms with Gasteiger partial charge in [-0.15, -0.1) is 0 Å². The van der Waals surface area contributed by atoms with E-state index in [4.69, 9.17) is 0 Å². The van der Waals surface area contributed by atoms with E-state index in [0.717, 1.165) is 0 Å². The average molecular weight is 277 g/mol. The third-order valence-electron chi connectivity index (χ3n) is 2.50. The van der Waals surface area contributed by atoms with Gasteiger partial charge in [-0.1, -0.05) is 6.07 Å². The van der Waals surface area contributed by atoms with Crippen molar-refractivity contribution in [1.29, 1.82) is 0 Å². The molecular weight excluding hydrogens is 259 g/mol. The molecule has 3 N–H and O–H groups in total. The fourth-order valence-corrected chi connectivity index (χ4v) is 1.58. The van der Waals surface area contributed by atoms with Crippen LogP contribution in [-0.2, 0) is 11.8 Å². The molecule has 0 saturated heterocycles. The number of likely N-dealkylation sites (N-methyl/N-ethyl adjacent to an activating group) is 1. The van der Waals surface area contributed by atoms with Crippen LogP contribution < -0.4 is 10.6 Å². The first kappa shape index (κ1) is 15.7. The van der Waals surface area contributed by atoms with Crippen LogP contribution in [0.3, 0.4) is 0 Å². The first-order valence-corrected chi connectivity index (χ1v) is 5.86.